The number of carbonyl (C=O) groups is 1. The highest BCUT2D eigenvalue weighted by molar-refractivity contribution is 5.86. The molecule has 0 aliphatic carbocycles. The quantitative estimate of drug-likeness (QED) is 0.631. The van der Waals surface area contributed by atoms with Crippen molar-refractivity contribution in [2.45, 2.75) is 57.0 Å². The van der Waals surface area contributed by atoms with Crippen LogP contribution in [0, 0.1) is 0 Å². The van der Waals surface area contributed by atoms with E-state index in [-0.39, 0.29) is 30.7 Å². The van der Waals surface area contributed by atoms with Crippen LogP contribution < -0.4 is 10.6 Å². The Labute approximate surface area is 159 Å². The summed E-state index contributed by atoms with van der Waals surface area (Å²) in [6.07, 6.45) is 9.17. The third kappa shape index (κ3) is 7.44. The molecule has 0 unspecified atom stereocenters. The van der Waals surface area contributed by atoms with E-state index < -0.39 is 5.60 Å². The van der Waals surface area contributed by atoms with Gasteiger partial charge in [0, 0.05) is 13.7 Å². The van der Waals surface area contributed by atoms with Gasteiger partial charge in [0.15, 0.2) is 0 Å². The summed E-state index contributed by atoms with van der Waals surface area (Å²) in [7, 11) is 1.66. The van der Waals surface area contributed by atoms with Gasteiger partial charge in [-0.25, -0.2) is 0 Å². The summed E-state index contributed by atoms with van der Waals surface area (Å²) in [4.78, 5) is 14.9. The molecule has 0 aromatic rings. The maximum atomic E-state index is 12.4. The molecule has 5 nitrogen and oxygen atoms in total. The van der Waals surface area contributed by atoms with Crippen LogP contribution in [-0.4, -0.2) is 62.8 Å². The SMILES string of the molecule is COC1(C(=O)NCCCCCN2CCCCC2)CCNCC1.Cl.Cl. The van der Waals surface area contributed by atoms with Gasteiger partial charge in [0.05, 0.1) is 0 Å². The lowest BCUT2D eigenvalue weighted by Gasteiger charge is -2.34. The molecule has 2 rings (SSSR count). The van der Waals surface area contributed by atoms with Crippen molar-refractivity contribution >= 4 is 30.7 Å². The number of amides is 1. The lowest BCUT2D eigenvalue weighted by molar-refractivity contribution is -0.146. The topological polar surface area (TPSA) is 53.6 Å². The van der Waals surface area contributed by atoms with E-state index in [0.29, 0.717) is 0 Å². The zero-order valence-electron chi connectivity index (χ0n) is 15.0. The number of carbonyl (C=O) groups excluding carboxylic acids is 1. The highest BCUT2D eigenvalue weighted by Gasteiger charge is 2.39. The molecule has 0 radical (unpaired) electrons. The molecule has 0 aromatic heterocycles. The molecular formula is C17H35Cl2N3O2. The van der Waals surface area contributed by atoms with Crippen molar-refractivity contribution in [1.29, 1.82) is 0 Å². The van der Waals surface area contributed by atoms with Gasteiger partial charge in [-0.3, -0.25) is 4.79 Å². The van der Waals surface area contributed by atoms with Crippen molar-refractivity contribution in [1.82, 2.24) is 15.5 Å². The molecule has 2 heterocycles. The highest BCUT2D eigenvalue weighted by atomic mass is 35.5. The fraction of sp³-hybridized carbons (Fsp3) is 0.941. The monoisotopic (exact) mass is 383 g/mol. The Morgan fingerprint density at radius 2 is 1.75 bits per heavy atom. The predicted octanol–water partition coefficient (Wildman–Crippen LogP) is 2.37. The number of nitrogens with zero attached hydrogens (tertiary/aromatic N) is 1. The van der Waals surface area contributed by atoms with E-state index >= 15 is 0 Å². The van der Waals surface area contributed by atoms with E-state index in [4.69, 9.17) is 4.74 Å². The zero-order chi connectivity index (χ0) is 15.7. The summed E-state index contributed by atoms with van der Waals surface area (Å²) in [5.74, 6) is 0.0764. The second kappa shape index (κ2) is 13.2. The maximum absolute atomic E-state index is 12.4. The molecule has 2 N–H and O–H groups in total. The normalized spacial score (nSPS) is 20.5. The minimum Gasteiger partial charge on any atom is -0.368 e. The van der Waals surface area contributed by atoms with Crippen molar-refractivity contribution < 1.29 is 9.53 Å². The highest BCUT2D eigenvalue weighted by Crippen LogP contribution is 2.22. The summed E-state index contributed by atoms with van der Waals surface area (Å²) < 4.78 is 5.54. The first-order chi connectivity index (χ1) is 10.8. The first-order valence-corrected chi connectivity index (χ1v) is 9.03. The fourth-order valence-corrected chi connectivity index (χ4v) is 3.54. The summed E-state index contributed by atoms with van der Waals surface area (Å²) in [6.45, 7) is 6.27. The van der Waals surface area contributed by atoms with Gasteiger partial charge in [0.1, 0.15) is 5.60 Å². The molecule has 0 saturated carbocycles. The summed E-state index contributed by atoms with van der Waals surface area (Å²) in [5, 5.41) is 6.36. The standard InChI is InChI=1S/C17H33N3O2.2ClH/c1-22-17(8-11-18-12-9-17)16(21)19-10-4-2-5-13-20-14-6-3-7-15-20;;/h18H,2-15H2,1H3,(H,19,21);2*1H. The van der Waals surface area contributed by atoms with Crippen LogP contribution >= 0.6 is 24.8 Å². The molecule has 2 aliphatic heterocycles. The molecule has 144 valence electrons. The van der Waals surface area contributed by atoms with Crippen LogP contribution in [0.2, 0.25) is 0 Å². The van der Waals surface area contributed by atoms with Gasteiger partial charge >= 0.3 is 0 Å². The van der Waals surface area contributed by atoms with Crippen LogP contribution in [0.15, 0.2) is 0 Å². The lowest BCUT2D eigenvalue weighted by Crippen LogP contribution is -2.54. The second-order valence-electron chi connectivity index (χ2n) is 6.67. The molecule has 2 aliphatic rings. The summed E-state index contributed by atoms with van der Waals surface area (Å²) in [6, 6.07) is 0. The summed E-state index contributed by atoms with van der Waals surface area (Å²) in [5.41, 5.74) is -0.598. The molecule has 0 aromatic carbocycles. The molecule has 2 saturated heterocycles. The van der Waals surface area contributed by atoms with Crippen LogP contribution in [-0.2, 0) is 9.53 Å². The minimum absolute atomic E-state index is 0. The largest absolute Gasteiger partial charge is 0.368 e. The van der Waals surface area contributed by atoms with Gasteiger partial charge in [0.25, 0.3) is 5.91 Å². The first kappa shape index (κ1) is 23.9. The van der Waals surface area contributed by atoms with E-state index in [1.807, 2.05) is 0 Å². The van der Waals surface area contributed by atoms with E-state index in [1.165, 1.54) is 51.7 Å². The van der Waals surface area contributed by atoms with E-state index in [9.17, 15) is 4.79 Å². The Morgan fingerprint density at radius 1 is 1.08 bits per heavy atom. The molecule has 2 fully saturated rings. The number of hydrogen-bond acceptors (Lipinski definition) is 4. The minimum atomic E-state index is -0.598. The van der Waals surface area contributed by atoms with Crippen LogP contribution in [0.4, 0.5) is 0 Å². The Bertz CT molecular complexity index is 334. The van der Waals surface area contributed by atoms with Gasteiger partial charge in [-0.2, -0.15) is 0 Å². The van der Waals surface area contributed by atoms with Crippen molar-refractivity contribution in [3.63, 3.8) is 0 Å². The molecule has 7 heteroatoms. The maximum Gasteiger partial charge on any atom is 0.252 e. The smallest absolute Gasteiger partial charge is 0.252 e. The number of methoxy groups -OCH3 is 1. The average Bonchev–Trinajstić information content (AvgIpc) is 2.59. The van der Waals surface area contributed by atoms with Gasteiger partial charge in [0.2, 0.25) is 0 Å². The molecule has 24 heavy (non-hydrogen) atoms. The van der Waals surface area contributed by atoms with Crippen LogP contribution in [0.25, 0.3) is 0 Å². The molecular weight excluding hydrogens is 349 g/mol. The molecule has 0 bridgehead atoms. The van der Waals surface area contributed by atoms with Gasteiger partial charge in [-0.1, -0.05) is 12.8 Å². The Hall–Kier alpha value is -0.0700. The van der Waals surface area contributed by atoms with Crippen molar-refractivity contribution in [3.8, 4) is 0 Å². The number of nitrogens with one attached hydrogen (secondary N) is 2. The van der Waals surface area contributed by atoms with Gasteiger partial charge in [-0.05, 0) is 71.2 Å². The van der Waals surface area contributed by atoms with Gasteiger partial charge < -0.3 is 20.3 Å². The average molecular weight is 384 g/mol. The zero-order valence-corrected chi connectivity index (χ0v) is 16.6. The molecule has 1 amide bonds. The number of unbranched alkanes of at least 4 members (excludes halogenated alkanes) is 2. The Morgan fingerprint density at radius 3 is 2.38 bits per heavy atom. The molecule has 0 atom stereocenters. The lowest BCUT2D eigenvalue weighted by atomic mass is 9.91. The fourth-order valence-electron chi connectivity index (χ4n) is 3.54. The number of rotatable bonds is 8. The number of likely N-dealkylation sites (tertiary alicyclic amines) is 1. The second-order valence-corrected chi connectivity index (χ2v) is 6.67. The number of piperidine rings is 2. The predicted molar refractivity (Wildman–Crippen MR) is 103 cm³/mol. The number of ether oxygens (including phenoxy) is 1. The van der Waals surface area contributed by atoms with Gasteiger partial charge in [-0.15, -0.1) is 24.8 Å². The van der Waals surface area contributed by atoms with Crippen molar-refractivity contribution in [3.05, 3.63) is 0 Å². The Balaban J connectivity index is 0.00000264. The molecule has 0 spiro atoms. The van der Waals surface area contributed by atoms with Crippen LogP contribution in [0.1, 0.15) is 51.4 Å². The third-order valence-corrected chi connectivity index (χ3v) is 5.10. The first-order valence-electron chi connectivity index (χ1n) is 9.03. The van der Waals surface area contributed by atoms with Crippen molar-refractivity contribution in [2.24, 2.45) is 0 Å². The third-order valence-electron chi connectivity index (χ3n) is 5.10. The van der Waals surface area contributed by atoms with E-state index in [0.717, 1.165) is 38.9 Å². The van der Waals surface area contributed by atoms with E-state index in [1.54, 1.807) is 7.11 Å². The Kier molecular flexibility index (Phi) is 13.1. The summed E-state index contributed by atoms with van der Waals surface area (Å²) >= 11 is 0. The van der Waals surface area contributed by atoms with E-state index in [2.05, 4.69) is 15.5 Å². The van der Waals surface area contributed by atoms with Crippen LogP contribution in [0.3, 0.4) is 0 Å². The van der Waals surface area contributed by atoms with Crippen molar-refractivity contribution in [2.75, 3.05) is 46.4 Å². The number of hydrogen-bond donors (Lipinski definition) is 2. The number of halogens is 2. The van der Waals surface area contributed by atoms with Crippen LogP contribution in [0.5, 0.6) is 0 Å².